The van der Waals surface area contributed by atoms with Crippen molar-refractivity contribution in [1.82, 2.24) is 10.2 Å². The van der Waals surface area contributed by atoms with Gasteiger partial charge < -0.3 is 0 Å². The molecule has 0 aliphatic carbocycles. The van der Waals surface area contributed by atoms with E-state index in [2.05, 4.69) is 10.2 Å². The highest BCUT2D eigenvalue weighted by Gasteiger charge is 2.11. The fraction of sp³-hybridized carbons (Fsp3) is 0.111. The average Bonchev–Trinajstić information content (AvgIpc) is 2.64. The maximum atomic E-state index is 10.9. The molecule has 0 spiro atoms. The molecule has 0 saturated heterocycles. The molecule has 0 aliphatic rings. The van der Waals surface area contributed by atoms with Crippen molar-refractivity contribution in [2.24, 2.45) is 0 Å². The Kier molecular flexibility index (Phi) is 2.75. The highest BCUT2D eigenvalue weighted by atomic mass is 32.2. The van der Waals surface area contributed by atoms with E-state index in [0.717, 1.165) is 5.01 Å². The van der Waals surface area contributed by atoms with E-state index in [1.54, 1.807) is 12.1 Å². The second-order valence-corrected chi connectivity index (χ2v) is 5.73. The van der Waals surface area contributed by atoms with Crippen LogP contribution < -0.4 is 0 Å². The zero-order valence-electron chi connectivity index (χ0n) is 8.28. The molecule has 84 valence electrons. The Morgan fingerprint density at radius 2 is 2.06 bits per heavy atom. The smallest absolute Gasteiger partial charge is 0.282 e. The number of hydrogen-bond donors (Lipinski definition) is 1. The Morgan fingerprint density at radius 3 is 2.62 bits per heavy atom. The van der Waals surface area contributed by atoms with E-state index >= 15 is 0 Å². The van der Waals surface area contributed by atoms with E-state index in [0.29, 0.717) is 10.6 Å². The predicted molar refractivity (Wildman–Crippen MR) is 59.9 cm³/mol. The molecular formula is C9H8N2O3S2. The van der Waals surface area contributed by atoms with Crippen LogP contribution in [-0.2, 0) is 10.1 Å². The zero-order valence-corrected chi connectivity index (χ0v) is 9.92. The average molecular weight is 256 g/mol. The maximum absolute atomic E-state index is 10.9. The molecule has 1 N–H and O–H groups in total. The lowest BCUT2D eigenvalue weighted by Crippen LogP contribution is -1.97. The summed E-state index contributed by atoms with van der Waals surface area (Å²) in [4.78, 5) is -0.141. The standard InChI is InChI=1S/C9H8N2O3S2/c1-6-10-11-9(15-6)7-3-2-4-8(5-7)16(12,13)14/h2-5H,1H3,(H,12,13,14). The fourth-order valence-electron chi connectivity index (χ4n) is 1.20. The Balaban J connectivity index is 2.52. The first kappa shape index (κ1) is 11.2. The SMILES string of the molecule is Cc1nnc(-c2cccc(S(=O)(=O)O)c2)s1. The van der Waals surface area contributed by atoms with E-state index < -0.39 is 10.1 Å². The van der Waals surface area contributed by atoms with E-state index in [-0.39, 0.29) is 4.90 Å². The fourth-order valence-corrected chi connectivity index (χ4v) is 2.42. The molecule has 7 heteroatoms. The van der Waals surface area contributed by atoms with E-state index in [9.17, 15) is 8.42 Å². The third-order valence-corrected chi connectivity index (χ3v) is 3.64. The number of nitrogens with zero attached hydrogens (tertiary/aromatic N) is 2. The van der Waals surface area contributed by atoms with Crippen molar-refractivity contribution in [1.29, 1.82) is 0 Å². The molecule has 1 aromatic heterocycles. The summed E-state index contributed by atoms with van der Waals surface area (Å²) in [5, 5.41) is 9.17. The van der Waals surface area contributed by atoms with Crippen LogP contribution in [-0.4, -0.2) is 23.2 Å². The molecule has 2 aromatic rings. The van der Waals surface area contributed by atoms with Crippen molar-refractivity contribution in [2.75, 3.05) is 0 Å². The van der Waals surface area contributed by atoms with E-state index in [4.69, 9.17) is 4.55 Å². The van der Waals surface area contributed by atoms with Crippen LogP contribution in [0.15, 0.2) is 29.2 Å². The lowest BCUT2D eigenvalue weighted by molar-refractivity contribution is 0.483. The van der Waals surface area contributed by atoms with Gasteiger partial charge >= 0.3 is 0 Å². The topological polar surface area (TPSA) is 80.2 Å². The number of rotatable bonds is 2. The van der Waals surface area contributed by atoms with Gasteiger partial charge in [0.15, 0.2) is 0 Å². The van der Waals surface area contributed by atoms with Crippen LogP contribution in [0.5, 0.6) is 0 Å². The molecule has 0 unspecified atom stereocenters. The maximum Gasteiger partial charge on any atom is 0.294 e. The minimum atomic E-state index is -4.17. The first-order valence-electron chi connectivity index (χ1n) is 4.35. The minimum absolute atomic E-state index is 0.141. The van der Waals surface area contributed by atoms with Crippen LogP contribution >= 0.6 is 11.3 Å². The molecule has 16 heavy (non-hydrogen) atoms. The number of hydrogen-bond acceptors (Lipinski definition) is 5. The van der Waals surface area contributed by atoms with Gasteiger partial charge in [-0.05, 0) is 19.1 Å². The lowest BCUT2D eigenvalue weighted by atomic mass is 10.2. The molecule has 0 bridgehead atoms. The minimum Gasteiger partial charge on any atom is -0.282 e. The van der Waals surface area contributed by atoms with Crippen molar-refractivity contribution in [3.05, 3.63) is 29.3 Å². The van der Waals surface area contributed by atoms with Gasteiger partial charge in [0.1, 0.15) is 10.0 Å². The molecule has 0 amide bonds. The molecule has 0 saturated carbocycles. The van der Waals surface area contributed by atoms with E-state index in [1.165, 1.54) is 23.5 Å². The monoisotopic (exact) mass is 256 g/mol. The summed E-state index contributed by atoms with van der Waals surface area (Å²) in [5.41, 5.74) is 0.626. The first-order valence-corrected chi connectivity index (χ1v) is 6.60. The molecule has 0 fully saturated rings. The highest BCUT2D eigenvalue weighted by molar-refractivity contribution is 7.85. The Bertz CT molecular complexity index is 619. The molecule has 5 nitrogen and oxygen atoms in total. The van der Waals surface area contributed by atoms with Gasteiger partial charge in [0.25, 0.3) is 10.1 Å². The first-order chi connectivity index (χ1) is 7.47. The van der Waals surface area contributed by atoms with Gasteiger partial charge in [-0.15, -0.1) is 10.2 Å². The van der Waals surface area contributed by atoms with Crippen LogP contribution in [0.1, 0.15) is 5.01 Å². The van der Waals surface area contributed by atoms with Crippen LogP contribution in [0.3, 0.4) is 0 Å². The van der Waals surface area contributed by atoms with Crippen molar-refractivity contribution >= 4 is 21.5 Å². The van der Waals surface area contributed by atoms with Gasteiger partial charge in [0, 0.05) is 5.56 Å². The molecule has 0 atom stereocenters. The Labute approximate surface area is 96.5 Å². The van der Waals surface area contributed by atoms with Crippen LogP contribution in [0.4, 0.5) is 0 Å². The molecule has 0 aliphatic heterocycles. The molecule has 2 rings (SSSR count). The van der Waals surface area contributed by atoms with Crippen molar-refractivity contribution in [3.8, 4) is 10.6 Å². The summed E-state index contributed by atoms with van der Waals surface area (Å²) < 4.78 is 30.8. The van der Waals surface area contributed by atoms with E-state index in [1.807, 2.05) is 6.92 Å². The Hall–Kier alpha value is -1.31. The summed E-state index contributed by atoms with van der Waals surface area (Å²) >= 11 is 1.36. The number of aromatic nitrogens is 2. The van der Waals surface area contributed by atoms with Gasteiger partial charge in [-0.25, -0.2) is 0 Å². The second-order valence-electron chi connectivity index (χ2n) is 3.13. The molecule has 0 radical (unpaired) electrons. The normalized spacial score (nSPS) is 11.6. The van der Waals surface area contributed by atoms with Gasteiger partial charge in [0.2, 0.25) is 0 Å². The Morgan fingerprint density at radius 1 is 1.31 bits per heavy atom. The third kappa shape index (κ3) is 2.26. The van der Waals surface area contributed by atoms with Crippen LogP contribution in [0.25, 0.3) is 10.6 Å². The lowest BCUT2D eigenvalue weighted by Gasteiger charge is -1.98. The van der Waals surface area contributed by atoms with Gasteiger partial charge in [-0.1, -0.05) is 23.5 Å². The largest absolute Gasteiger partial charge is 0.294 e. The van der Waals surface area contributed by atoms with Crippen LogP contribution in [0.2, 0.25) is 0 Å². The summed E-state index contributed by atoms with van der Waals surface area (Å²) in [6.45, 7) is 1.81. The number of aryl methyl sites for hydroxylation is 1. The summed E-state index contributed by atoms with van der Waals surface area (Å²) in [6.07, 6.45) is 0. The predicted octanol–water partition coefficient (Wildman–Crippen LogP) is 1.76. The van der Waals surface area contributed by atoms with Gasteiger partial charge in [0.05, 0.1) is 4.90 Å². The third-order valence-electron chi connectivity index (χ3n) is 1.90. The quantitative estimate of drug-likeness (QED) is 0.828. The molecular weight excluding hydrogens is 248 g/mol. The highest BCUT2D eigenvalue weighted by Crippen LogP contribution is 2.25. The van der Waals surface area contributed by atoms with Gasteiger partial charge in [-0.2, -0.15) is 8.42 Å². The zero-order chi connectivity index (χ0) is 11.8. The van der Waals surface area contributed by atoms with Crippen molar-refractivity contribution in [3.63, 3.8) is 0 Å². The number of benzene rings is 1. The second kappa shape index (κ2) is 3.93. The van der Waals surface area contributed by atoms with Crippen molar-refractivity contribution in [2.45, 2.75) is 11.8 Å². The molecule has 1 aromatic carbocycles. The van der Waals surface area contributed by atoms with Crippen molar-refractivity contribution < 1.29 is 13.0 Å². The van der Waals surface area contributed by atoms with Gasteiger partial charge in [-0.3, -0.25) is 4.55 Å². The molecule has 1 heterocycles. The summed E-state index contributed by atoms with van der Waals surface area (Å²) in [5.74, 6) is 0. The summed E-state index contributed by atoms with van der Waals surface area (Å²) in [6, 6.07) is 5.96. The summed E-state index contributed by atoms with van der Waals surface area (Å²) in [7, 11) is -4.17. The van der Waals surface area contributed by atoms with Crippen LogP contribution in [0, 0.1) is 6.92 Å².